The Morgan fingerprint density at radius 1 is 0.959 bits per heavy atom. The highest BCUT2D eigenvalue weighted by atomic mass is 16.5. The molecule has 1 fully saturated rings. The Balaban J connectivity index is 1.12. The molecule has 9 heteroatoms. The monoisotopic (exact) mass is 656 g/mol. The summed E-state index contributed by atoms with van der Waals surface area (Å²) in [5.74, 6) is 1.90. The average molecular weight is 657 g/mol. The van der Waals surface area contributed by atoms with E-state index in [9.17, 15) is 4.79 Å². The molecule has 0 spiro atoms. The van der Waals surface area contributed by atoms with Crippen LogP contribution in [-0.4, -0.2) is 52.0 Å². The number of rotatable bonds is 11. The van der Waals surface area contributed by atoms with Gasteiger partial charge >= 0.3 is 0 Å². The Bertz CT molecular complexity index is 1850. The zero-order chi connectivity index (χ0) is 33.6. The quantitative estimate of drug-likeness (QED) is 0.153. The first-order valence-electron chi connectivity index (χ1n) is 17.4. The Morgan fingerprint density at radius 3 is 2.59 bits per heavy atom. The maximum atomic E-state index is 14.7. The number of aromatic nitrogens is 4. The van der Waals surface area contributed by atoms with Crippen LogP contribution in [0.5, 0.6) is 5.75 Å². The Hall–Kier alpha value is -5.02. The van der Waals surface area contributed by atoms with E-state index in [0.717, 1.165) is 96.5 Å². The van der Waals surface area contributed by atoms with Crippen molar-refractivity contribution >= 4 is 17.4 Å². The highest BCUT2D eigenvalue weighted by molar-refractivity contribution is 5.98. The van der Waals surface area contributed by atoms with Crippen LogP contribution in [0.25, 0.3) is 0 Å². The summed E-state index contributed by atoms with van der Waals surface area (Å²) in [6.07, 6.45) is 8.30. The average Bonchev–Trinajstić information content (AvgIpc) is 3.60. The van der Waals surface area contributed by atoms with Gasteiger partial charge in [0, 0.05) is 30.5 Å². The van der Waals surface area contributed by atoms with Crippen molar-refractivity contribution in [3.63, 3.8) is 0 Å². The van der Waals surface area contributed by atoms with E-state index in [0.29, 0.717) is 25.6 Å². The van der Waals surface area contributed by atoms with Crippen molar-refractivity contribution in [2.45, 2.75) is 64.6 Å². The molecule has 0 radical (unpaired) electrons. The van der Waals surface area contributed by atoms with Gasteiger partial charge in [-0.1, -0.05) is 62.4 Å². The first-order chi connectivity index (χ1) is 24.0. The van der Waals surface area contributed by atoms with Crippen molar-refractivity contribution in [3.05, 3.63) is 131 Å². The van der Waals surface area contributed by atoms with Gasteiger partial charge in [0.2, 0.25) is 5.91 Å². The predicted octanol–water partition coefficient (Wildman–Crippen LogP) is 6.91. The zero-order valence-electron chi connectivity index (χ0n) is 28.4. The molecule has 1 unspecified atom stereocenters. The largest absolute Gasteiger partial charge is 0.489 e. The predicted molar refractivity (Wildman–Crippen MR) is 191 cm³/mol. The molecule has 0 saturated carbocycles. The number of benzene rings is 2. The highest BCUT2D eigenvalue weighted by Crippen LogP contribution is 2.39. The normalized spacial score (nSPS) is 16.0. The lowest BCUT2D eigenvalue weighted by Gasteiger charge is -2.31. The Kier molecular flexibility index (Phi) is 9.98. The van der Waals surface area contributed by atoms with E-state index in [4.69, 9.17) is 19.4 Å². The molecule has 3 aromatic heterocycles. The third-order valence-electron chi connectivity index (χ3n) is 9.42. The number of fused-ring (bicyclic) bond motifs is 1. The van der Waals surface area contributed by atoms with E-state index >= 15 is 0 Å². The van der Waals surface area contributed by atoms with Crippen molar-refractivity contribution in [2.24, 2.45) is 0 Å². The van der Waals surface area contributed by atoms with Crippen molar-refractivity contribution in [3.8, 4) is 5.75 Å². The summed E-state index contributed by atoms with van der Waals surface area (Å²) in [6, 6.07) is 26.5. The minimum atomic E-state index is -0.282. The van der Waals surface area contributed by atoms with Crippen molar-refractivity contribution in [2.75, 3.05) is 36.1 Å². The second-order valence-corrected chi connectivity index (χ2v) is 13.2. The van der Waals surface area contributed by atoms with Gasteiger partial charge in [-0.2, -0.15) is 5.10 Å². The second kappa shape index (κ2) is 15.0. The number of ether oxygens (including phenoxy) is 2. The van der Waals surface area contributed by atoms with E-state index in [-0.39, 0.29) is 11.8 Å². The number of carbonyl (C=O) groups is 1. The molecule has 1 amide bonds. The minimum Gasteiger partial charge on any atom is -0.489 e. The number of morpholine rings is 1. The molecular formula is C40H44N6O3. The number of nitrogens with zero attached hydrogens (tertiary/aromatic N) is 6. The molecule has 5 aromatic rings. The fourth-order valence-electron chi connectivity index (χ4n) is 6.77. The SMILES string of the molecule is CC(C)c1ccc(N(Cc2cnn(Cc3cccc(N4CCOCC4)n3)c2)C(=O)C2CCCc3c(OCc4ccccc4)cccc32)cn1. The van der Waals surface area contributed by atoms with Gasteiger partial charge < -0.3 is 19.3 Å². The van der Waals surface area contributed by atoms with Crippen LogP contribution in [0.3, 0.4) is 0 Å². The Morgan fingerprint density at radius 2 is 1.80 bits per heavy atom. The van der Waals surface area contributed by atoms with Crippen LogP contribution in [0.15, 0.2) is 97.5 Å². The number of anilines is 2. The van der Waals surface area contributed by atoms with E-state index in [1.54, 1.807) is 0 Å². The molecule has 1 saturated heterocycles. The van der Waals surface area contributed by atoms with Crippen LogP contribution >= 0.6 is 0 Å². The fraction of sp³-hybridized carbons (Fsp3) is 0.350. The molecule has 1 aliphatic heterocycles. The third-order valence-corrected chi connectivity index (χ3v) is 9.42. The molecule has 4 heterocycles. The second-order valence-electron chi connectivity index (χ2n) is 13.2. The number of pyridine rings is 2. The molecule has 1 aliphatic carbocycles. The number of carbonyl (C=O) groups excluding carboxylic acids is 1. The van der Waals surface area contributed by atoms with Gasteiger partial charge in [-0.25, -0.2) is 4.98 Å². The number of hydrogen-bond donors (Lipinski definition) is 0. The van der Waals surface area contributed by atoms with Gasteiger partial charge in [0.05, 0.1) is 56.0 Å². The minimum absolute atomic E-state index is 0.0629. The first kappa shape index (κ1) is 32.5. The third kappa shape index (κ3) is 7.67. The van der Waals surface area contributed by atoms with Crippen LogP contribution < -0.4 is 14.5 Å². The molecule has 2 aliphatic rings. The van der Waals surface area contributed by atoms with Gasteiger partial charge in [0.1, 0.15) is 18.2 Å². The highest BCUT2D eigenvalue weighted by Gasteiger charge is 2.32. The fourth-order valence-corrected chi connectivity index (χ4v) is 6.77. The molecule has 2 aromatic carbocycles. The van der Waals surface area contributed by atoms with E-state index in [2.05, 4.69) is 42.0 Å². The summed E-state index contributed by atoms with van der Waals surface area (Å²) < 4.78 is 13.7. The zero-order valence-corrected chi connectivity index (χ0v) is 28.4. The van der Waals surface area contributed by atoms with E-state index < -0.39 is 0 Å². The van der Waals surface area contributed by atoms with Crippen LogP contribution in [-0.2, 0) is 35.6 Å². The first-order valence-corrected chi connectivity index (χ1v) is 17.4. The molecular weight excluding hydrogens is 612 g/mol. The maximum absolute atomic E-state index is 14.7. The maximum Gasteiger partial charge on any atom is 0.234 e. The molecule has 9 nitrogen and oxygen atoms in total. The summed E-state index contributed by atoms with van der Waals surface area (Å²) in [5, 5.41) is 4.68. The Labute approximate surface area is 288 Å². The van der Waals surface area contributed by atoms with Gasteiger partial charge in [-0.15, -0.1) is 0 Å². The summed E-state index contributed by atoms with van der Waals surface area (Å²) in [4.78, 5) is 28.4. The van der Waals surface area contributed by atoms with Crippen LogP contribution in [0, 0.1) is 0 Å². The summed E-state index contributed by atoms with van der Waals surface area (Å²) in [5.41, 5.74) is 6.97. The molecule has 7 rings (SSSR count). The summed E-state index contributed by atoms with van der Waals surface area (Å²) in [6.45, 7) is 8.79. The van der Waals surface area contributed by atoms with Gasteiger partial charge in [0.15, 0.2) is 0 Å². The topological polar surface area (TPSA) is 85.6 Å². The smallest absolute Gasteiger partial charge is 0.234 e. The number of amides is 1. The van der Waals surface area contributed by atoms with Gasteiger partial charge in [-0.05, 0) is 72.2 Å². The van der Waals surface area contributed by atoms with Crippen LogP contribution in [0.1, 0.15) is 72.2 Å². The molecule has 0 bridgehead atoms. The number of hydrogen-bond acceptors (Lipinski definition) is 7. The lowest BCUT2D eigenvalue weighted by Crippen LogP contribution is -2.36. The molecule has 252 valence electrons. The lowest BCUT2D eigenvalue weighted by atomic mass is 9.81. The summed E-state index contributed by atoms with van der Waals surface area (Å²) in [7, 11) is 0. The van der Waals surface area contributed by atoms with Crippen LogP contribution in [0.4, 0.5) is 11.5 Å². The lowest BCUT2D eigenvalue weighted by molar-refractivity contribution is -0.120. The van der Waals surface area contributed by atoms with Crippen LogP contribution in [0.2, 0.25) is 0 Å². The van der Waals surface area contributed by atoms with Gasteiger partial charge in [-0.3, -0.25) is 14.5 Å². The molecule has 1 atom stereocenters. The van der Waals surface area contributed by atoms with E-state index in [1.165, 1.54) is 0 Å². The van der Waals surface area contributed by atoms with Crippen molar-refractivity contribution in [1.82, 2.24) is 19.7 Å². The van der Waals surface area contributed by atoms with Crippen molar-refractivity contribution in [1.29, 1.82) is 0 Å². The van der Waals surface area contributed by atoms with Gasteiger partial charge in [0.25, 0.3) is 0 Å². The van der Waals surface area contributed by atoms with Crippen molar-refractivity contribution < 1.29 is 14.3 Å². The van der Waals surface area contributed by atoms with E-state index in [1.807, 2.05) is 88.8 Å². The summed E-state index contributed by atoms with van der Waals surface area (Å²) >= 11 is 0. The molecule has 49 heavy (non-hydrogen) atoms. The molecule has 0 N–H and O–H groups in total. The standard InChI is InChI=1S/C40H44N6O3/c1-29(2)37-18-17-33(24-41-37)46(26-31-23-42-45(25-31)27-32-11-6-16-39(43-32)44-19-21-48-22-20-44)40(47)36-14-7-13-35-34(36)12-8-15-38(35)49-28-30-9-4-3-5-10-30/h3-6,8-12,15-18,23-25,29,36H,7,13-14,19-22,26-28H2,1-2H3.